The van der Waals surface area contributed by atoms with Gasteiger partial charge in [0.15, 0.2) is 0 Å². The van der Waals surface area contributed by atoms with E-state index in [0.29, 0.717) is 12.1 Å². The molecule has 1 aromatic heterocycles. The molecule has 1 aliphatic heterocycles. The molecule has 2 N–H and O–H groups in total. The van der Waals surface area contributed by atoms with E-state index < -0.39 is 0 Å². The third-order valence-electron chi connectivity index (χ3n) is 4.05. The number of amides is 1. The minimum atomic E-state index is -0.0278. The molecule has 0 aromatic carbocycles. The summed E-state index contributed by atoms with van der Waals surface area (Å²) in [7, 11) is 0. The first-order valence-corrected chi connectivity index (χ1v) is 6.80. The summed E-state index contributed by atoms with van der Waals surface area (Å²) in [5.41, 5.74) is 8.53. The van der Waals surface area contributed by atoms with Crippen molar-refractivity contribution in [3.05, 3.63) is 29.1 Å². The van der Waals surface area contributed by atoms with Crippen molar-refractivity contribution < 1.29 is 4.79 Å². The van der Waals surface area contributed by atoms with Crippen LogP contribution in [-0.4, -0.2) is 34.9 Å². The molecule has 0 radical (unpaired) electrons. The summed E-state index contributed by atoms with van der Waals surface area (Å²) < 4.78 is 0. The second-order valence-electron chi connectivity index (χ2n) is 6.20. The largest absolute Gasteiger partial charge is 0.338 e. The maximum absolute atomic E-state index is 12.6. The molecule has 0 aliphatic carbocycles. The Kier molecular flexibility index (Phi) is 3.63. The molecule has 1 amide bonds. The summed E-state index contributed by atoms with van der Waals surface area (Å²) >= 11 is 0. The molecule has 0 bridgehead atoms. The van der Waals surface area contributed by atoms with Crippen LogP contribution in [-0.2, 0) is 0 Å². The van der Waals surface area contributed by atoms with Gasteiger partial charge in [-0.05, 0) is 37.8 Å². The van der Waals surface area contributed by atoms with Gasteiger partial charge in [-0.3, -0.25) is 9.78 Å². The maximum Gasteiger partial charge on any atom is 0.255 e. The number of likely N-dealkylation sites (tertiary alicyclic amines) is 1. The molecule has 2 heterocycles. The molecule has 1 aliphatic rings. The molecule has 2 rings (SSSR count). The molecule has 1 fully saturated rings. The number of carbonyl (C=O) groups is 1. The van der Waals surface area contributed by atoms with Gasteiger partial charge in [0.2, 0.25) is 0 Å². The van der Waals surface area contributed by atoms with Crippen LogP contribution in [0, 0.1) is 19.3 Å². The lowest BCUT2D eigenvalue weighted by Crippen LogP contribution is -2.54. The summed E-state index contributed by atoms with van der Waals surface area (Å²) in [6.45, 7) is 9.51. The van der Waals surface area contributed by atoms with E-state index in [0.717, 1.165) is 24.4 Å². The molecular weight excluding hydrogens is 238 g/mol. The summed E-state index contributed by atoms with van der Waals surface area (Å²) in [6.07, 6.45) is 0.858. The second-order valence-corrected chi connectivity index (χ2v) is 6.20. The monoisotopic (exact) mass is 261 g/mol. The number of nitrogens with zero attached hydrogens (tertiary/aromatic N) is 2. The standard InChI is InChI=1S/C15H23N3O/c1-10-5-6-12(11(2)17-10)14(19)18-8-7-13(16)15(3,4)9-18/h5-6,13H,7-9,16H2,1-4H3. The minimum absolute atomic E-state index is 0.0278. The number of hydrogen-bond acceptors (Lipinski definition) is 3. The van der Waals surface area contributed by atoms with Crippen molar-refractivity contribution in [3.8, 4) is 0 Å². The lowest BCUT2D eigenvalue weighted by molar-refractivity contribution is 0.0532. The van der Waals surface area contributed by atoms with Crippen molar-refractivity contribution >= 4 is 5.91 Å². The van der Waals surface area contributed by atoms with Gasteiger partial charge in [0.1, 0.15) is 0 Å². The Bertz CT molecular complexity index is 496. The van der Waals surface area contributed by atoms with Crippen LogP contribution in [0.4, 0.5) is 0 Å². The maximum atomic E-state index is 12.6. The van der Waals surface area contributed by atoms with Crippen molar-refractivity contribution in [3.63, 3.8) is 0 Å². The highest BCUT2D eigenvalue weighted by molar-refractivity contribution is 5.95. The lowest BCUT2D eigenvalue weighted by Gasteiger charge is -2.42. The molecule has 1 saturated heterocycles. The van der Waals surface area contributed by atoms with Crippen molar-refractivity contribution in [2.45, 2.75) is 40.2 Å². The van der Waals surface area contributed by atoms with Crippen LogP contribution in [0.2, 0.25) is 0 Å². The van der Waals surface area contributed by atoms with Gasteiger partial charge in [-0.1, -0.05) is 13.8 Å². The van der Waals surface area contributed by atoms with E-state index in [4.69, 9.17) is 5.73 Å². The van der Waals surface area contributed by atoms with E-state index in [9.17, 15) is 4.79 Å². The highest BCUT2D eigenvalue weighted by Crippen LogP contribution is 2.28. The number of carbonyl (C=O) groups excluding carboxylic acids is 1. The van der Waals surface area contributed by atoms with Crippen LogP contribution in [0.25, 0.3) is 0 Å². The van der Waals surface area contributed by atoms with E-state index in [1.165, 1.54) is 0 Å². The van der Waals surface area contributed by atoms with Gasteiger partial charge in [0.05, 0.1) is 11.3 Å². The van der Waals surface area contributed by atoms with Crippen molar-refractivity contribution in [1.29, 1.82) is 0 Å². The van der Waals surface area contributed by atoms with Crippen LogP contribution in [0.5, 0.6) is 0 Å². The van der Waals surface area contributed by atoms with Gasteiger partial charge in [-0.25, -0.2) is 0 Å². The molecule has 1 aromatic rings. The second kappa shape index (κ2) is 4.93. The lowest BCUT2D eigenvalue weighted by atomic mass is 9.79. The van der Waals surface area contributed by atoms with Crippen LogP contribution in [0.15, 0.2) is 12.1 Å². The van der Waals surface area contributed by atoms with Gasteiger partial charge in [-0.15, -0.1) is 0 Å². The first kappa shape index (κ1) is 14.0. The molecule has 0 spiro atoms. The quantitative estimate of drug-likeness (QED) is 0.840. The first-order chi connectivity index (χ1) is 8.81. The molecule has 104 valence electrons. The van der Waals surface area contributed by atoms with Crippen LogP contribution in [0.3, 0.4) is 0 Å². The third-order valence-corrected chi connectivity index (χ3v) is 4.05. The Labute approximate surface area is 115 Å². The zero-order valence-electron chi connectivity index (χ0n) is 12.2. The molecule has 1 atom stereocenters. The number of hydrogen-bond donors (Lipinski definition) is 1. The van der Waals surface area contributed by atoms with Crippen molar-refractivity contribution in [1.82, 2.24) is 9.88 Å². The molecular formula is C15H23N3O. The van der Waals surface area contributed by atoms with Crippen LogP contribution < -0.4 is 5.73 Å². The summed E-state index contributed by atoms with van der Waals surface area (Å²) in [5, 5.41) is 0. The summed E-state index contributed by atoms with van der Waals surface area (Å²) in [4.78, 5) is 18.8. The fourth-order valence-electron chi connectivity index (χ4n) is 2.63. The average molecular weight is 261 g/mol. The van der Waals surface area contributed by atoms with Gasteiger partial charge in [-0.2, -0.15) is 0 Å². The summed E-state index contributed by atoms with van der Waals surface area (Å²) in [5.74, 6) is 0.0741. The Morgan fingerprint density at radius 3 is 2.68 bits per heavy atom. The highest BCUT2D eigenvalue weighted by atomic mass is 16.2. The predicted octanol–water partition coefficient (Wildman–Crippen LogP) is 1.90. The van der Waals surface area contributed by atoms with Gasteiger partial charge in [0.25, 0.3) is 5.91 Å². The predicted molar refractivity (Wildman–Crippen MR) is 76.0 cm³/mol. The fraction of sp³-hybridized carbons (Fsp3) is 0.600. The normalized spacial score (nSPS) is 22.4. The Balaban J connectivity index is 2.21. The minimum Gasteiger partial charge on any atom is -0.338 e. The number of pyridine rings is 1. The molecule has 4 heteroatoms. The molecule has 1 unspecified atom stereocenters. The van der Waals surface area contributed by atoms with Gasteiger partial charge >= 0.3 is 0 Å². The summed E-state index contributed by atoms with van der Waals surface area (Å²) in [6, 6.07) is 3.93. The molecule has 4 nitrogen and oxygen atoms in total. The Morgan fingerprint density at radius 1 is 1.42 bits per heavy atom. The Morgan fingerprint density at radius 2 is 2.11 bits per heavy atom. The number of aromatic nitrogens is 1. The topological polar surface area (TPSA) is 59.2 Å². The van der Waals surface area contributed by atoms with Gasteiger partial charge in [0, 0.05) is 24.8 Å². The van der Waals surface area contributed by atoms with Crippen molar-refractivity contribution in [2.75, 3.05) is 13.1 Å². The van der Waals surface area contributed by atoms with Gasteiger partial charge < -0.3 is 10.6 Å². The smallest absolute Gasteiger partial charge is 0.255 e. The first-order valence-electron chi connectivity index (χ1n) is 6.80. The molecule has 19 heavy (non-hydrogen) atoms. The zero-order valence-corrected chi connectivity index (χ0v) is 12.2. The molecule has 0 saturated carbocycles. The van der Waals surface area contributed by atoms with E-state index >= 15 is 0 Å². The van der Waals surface area contributed by atoms with Crippen LogP contribution in [0.1, 0.15) is 42.0 Å². The average Bonchev–Trinajstić information content (AvgIpc) is 2.32. The fourth-order valence-corrected chi connectivity index (χ4v) is 2.63. The third kappa shape index (κ3) is 2.78. The number of piperidine rings is 1. The number of nitrogens with two attached hydrogens (primary N) is 1. The van der Waals surface area contributed by atoms with E-state index in [1.54, 1.807) is 0 Å². The SMILES string of the molecule is Cc1ccc(C(=O)N2CCC(N)C(C)(C)C2)c(C)n1. The van der Waals surface area contributed by atoms with E-state index in [-0.39, 0.29) is 17.4 Å². The van der Waals surface area contributed by atoms with E-state index in [2.05, 4.69) is 18.8 Å². The number of rotatable bonds is 1. The zero-order chi connectivity index (χ0) is 14.2. The van der Waals surface area contributed by atoms with Crippen molar-refractivity contribution in [2.24, 2.45) is 11.1 Å². The highest BCUT2D eigenvalue weighted by Gasteiger charge is 2.35. The Hall–Kier alpha value is -1.42. The van der Waals surface area contributed by atoms with Crippen LogP contribution >= 0.6 is 0 Å². The number of aryl methyl sites for hydroxylation is 2. The van der Waals surface area contributed by atoms with E-state index in [1.807, 2.05) is 30.9 Å².